The summed E-state index contributed by atoms with van der Waals surface area (Å²) in [5.41, 5.74) is 1.35. The predicted octanol–water partition coefficient (Wildman–Crippen LogP) is 3.32. The van der Waals surface area contributed by atoms with Crippen molar-refractivity contribution in [2.24, 2.45) is 11.3 Å². The number of alkyl halides is 3. The van der Waals surface area contributed by atoms with Crippen LogP contribution in [0.15, 0.2) is 18.3 Å². The van der Waals surface area contributed by atoms with E-state index in [-0.39, 0.29) is 11.3 Å². The summed E-state index contributed by atoms with van der Waals surface area (Å²) >= 11 is 0. The van der Waals surface area contributed by atoms with E-state index in [4.69, 9.17) is 14.6 Å². The Hall–Kier alpha value is -3.22. The number of ether oxygens (including phenoxy) is 1. The number of fused-ring (bicyclic) bond motifs is 1. The highest BCUT2D eigenvalue weighted by Gasteiger charge is 2.40. The van der Waals surface area contributed by atoms with Crippen molar-refractivity contribution >= 4 is 11.9 Å². The number of aromatic nitrogens is 4. The average molecular weight is 541 g/mol. The number of piperidine rings is 1. The number of aryl methyl sites for hydroxylation is 1. The third-order valence-corrected chi connectivity index (χ3v) is 7.01. The van der Waals surface area contributed by atoms with E-state index in [2.05, 4.69) is 49.9 Å². The standard InChI is InChI=1S/C23H34N6O2.C2HF3O2/c1-17(2)7-12-24-21(30)20-27-26-19-6-8-23(16-29(19)20)9-13-28(14-10-23)15-18-5-4-11-25-22(18)31-3;3-2(4,5)1(6)7/h4-5,11,17H,6-10,12-16H2,1-3H3,(H,24,30);(H,6,7). The molecule has 4 heterocycles. The van der Waals surface area contributed by atoms with Gasteiger partial charge in [0.25, 0.3) is 5.91 Å². The van der Waals surface area contributed by atoms with E-state index in [1.165, 1.54) is 0 Å². The van der Waals surface area contributed by atoms with Crippen LogP contribution >= 0.6 is 0 Å². The number of carbonyl (C=O) groups is 2. The van der Waals surface area contributed by atoms with Gasteiger partial charge in [-0.15, -0.1) is 10.2 Å². The highest BCUT2D eigenvalue weighted by atomic mass is 19.4. The second kappa shape index (κ2) is 12.5. The number of methoxy groups -OCH3 is 1. The highest BCUT2D eigenvalue weighted by Crippen LogP contribution is 2.41. The molecule has 13 heteroatoms. The van der Waals surface area contributed by atoms with E-state index in [0.717, 1.165) is 69.7 Å². The van der Waals surface area contributed by atoms with Gasteiger partial charge in [-0.3, -0.25) is 9.69 Å². The van der Waals surface area contributed by atoms with Crippen molar-refractivity contribution in [3.63, 3.8) is 0 Å². The summed E-state index contributed by atoms with van der Waals surface area (Å²) in [6, 6.07) is 4.05. The lowest BCUT2D eigenvalue weighted by Gasteiger charge is -2.44. The quantitative estimate of drug-likeness (QED) is 0.549. The van der Waals surface area contributed by atoms with Gasteiger partial charge in [0, 0.05) is 37.8 Å². The zero-order valence-corrected chi connectivity index (χ0v) is 21.9. The second-order valence-corrected chi connectivity index (χ2v) is 10.2. The molecule has 2 aromatic rings. The molecule has 2 N–H and O–H groups in total. The fraction of sp³-hybridized carbons (Fsp3) is 0.640. The van der Waals surface area contributed by atoms with Crippen molar-refractivity contribution in [1.29, 1.82) is 0 Å². The van der Waals surface area contributed by atoms with Crippen LogP contribution in [0.25, 0.3) is 0 Å². The van der Waals surface area contributed by atoms with Crippen LogP contribution in [0.4, 0.5) is 13.2 Å². The van der Waals surface area contributed by atoms with Crippen LogP contribution in [0.5, 0.6) is 5.88 Å². The number of pyridine rings is 1. The maximum absolute atomic E-state index is 12.7. The van der Waals surface area contributed by atoms with E-state index in [1.807, 2.05) is 6.07 Å². The van der Waals surface area contributed by atoms with Gasteiger partial charge in [0.1, 0.15) is 5.82 Å². The molecule has 4 rings (SSSR count). The lowest BCUT2D eigenvalue weighted by atomic mass is 9.73. The maximum Gasteiger partial charge on any atom is 0.490 e. The Morgan fingerprint density at radius 3 is 2.50 bits per heavy atom. The number of carboxylic acids is 1. The molecule has 0 atom stereocenters. The minimum absolute atomic E-state index is 0.0995. The molecule has 1 fully saturated rings. The van der Waals surface area contributed by atoms with Gasteiger partial charge in [-0.2, -0.15) is 13.2 Å². The summed E-state index contributed by atoms with van der Waals surface area (Å²) in [4.78, 5) is 28.4. The van der Waals surface area contributed by atoms with Gasteiger partial charge in [0.2, 0.25) is 11.7 Å². The lowest BCUT2D eigenvalue weighted by Crippen LogP contribution is -2.45. The number of carbonyl (C=O) groups excluding carboxylic acids is 1. The van der Waals surface area contributed by atoms with Crippen molar-refractivity contribution in [1.82, 2.24) is 30.0 Å². The van der Waals surface area contributed by atoms with Crippen molar-refractivity contribution in [3.05, 3.63) is 35.5 Å². The average Bonchev–Trinajstić information content (AvgIpc) is 3.28. The first-order valence-corrected chi connectivity index (χ1v) is 12.6. The number of hydrogen-bond donors (Lipinski definition) is 2. The Morgan fingerprint density at radius 1 is 1.21 bits per heavy atom. The molecule has 0 unspecified atom stereocenters. The van der Waals surface area contributed by atoms with E-state index >= 15 is 0 Å². The van der Waals surface area contributed by atoms with Crippen LogP contribution < -0.4 is 10.1 Å². The predicted molar refractivity (Wildman–Crippen MR) is 132 cm³/mol. The number of amides is 1. The number of carboxylic acid groups (broad SMARTS) is 1. The van der Waals surface area contributed by atoms with Gasteiger partial charge in [-0.25, -0.2) is 9.78 Å². The van der Waals surface area contributed by atoms with Crippen LogP contribution in [-0.2, 0) is 24.3 Å². The Kier molecular flexibility index (Phi) is 9.69. The molecule has 1 amide bonds. The Morgan fingerprint density at radius 2 is 1.89 bits per heavy atom. The minimum Gasteiger partial charge on any atom is -0.481 e. The van der Waals surface area contributed by atoms with Crippen LogP contribution in [0.3, 0.4) is 0 Å². The number of nitrogens with one attached hydrogen (secondary N) is 1. The number of rotatable bonds is 7. The number of nitrogens with zero attached hydrogens (tertiary/aromatic N) is 5. The fourth-order valence-corrected chi connectivity index (χ4v) is 4.76. The number of halogens is 3. The summed E-state index contributed by atoms with van der Waals surface area (Å²) < 4.78 is 39.2. The van der Waals surface area contributed by atoms with Gasteiger partial charge in [0.05, 0.1) is 7.11 Å². The molecule has 38 heavy (non-hydrogen) atoms. The molecular formula is C25H35F3N6O4. The fourth-order valence-electron chi connectivity index (χ4n) is 4.76. The minimum atomic E-state index is -5.08. The summed E-state index contributed by atoms with van der Waals surface area (Å²) in [6.07, 6.45) is 1.88. The van der Waals surface area contributed by atoms with E-state index < -0.39 is 12.1 Å². The molecule has 210 valence electrons. The number of hydrogen-bond acceptors (Lipinski definition) is 7. The Balaban J connectivity index is 0.000000505. The maximum atomic E-state index is 12.7. The number of aliphatic carboxylic acids is 1. The molecule has 0 aliphatic carbocycles. The molecule has 2 aliphatic rings. The van der Waals surface area contributed by atoms with Crippen molar-refractivity contribution in [2.45, 2.75) is 65.2 Å². The topological polar surface area (TPSA) is 122 Å². The summed E-state index contributed by atoms with van der Waals surface area (Å²) in [5.74, 6) is -0.164. The third kappa shape index (κ3) is 7.65. The largest absolute Gasteiger partial charge is 0.490 e. The first-order valence-electron chi connectivity index (χ1n) is 12.6. The van der Waals surface area contributed by atoms with Crippen LogP contribution in [0, 0.1) is 11.3 Å². The van der Waals surface area contributed by atoms with Gasteiger partial charge >= 0.3 is 12.1 Å². The molecular weight excluding hydrogens is 505 g/mol. The Bertz CT molecular complexity index is 1100. The summed E-state index contributed by atoms with van der Waals surface area (Å²) in [6.45, 7) is 8.76. The zero-order chi connectivity index (χ0) is 27.9. The van der Waals surface area contributed by atoms with E-state index in [1.54, 1.807) is 13.3 Å². The Labute approximate surface area is 219 Å². The van der Waals surface area contributed by atoms with Crippen molar-refractivity contribution < 1.29 is 32.6 Å². The van der Waals surface area contributed by atoms with Gasteiger partial charge in [-0.05, 0) is 56.2 Å². The van der Waals surface area contributed by atoms with Crippen molar-refractivity contribution in [2.75, 3.05) is 26.7 Å². The first kappa shape index (κ1) is 29.3. The molecule has 2 aliphatic heterocycles. The van der Waals surface area contributed by atoms with Crippen molar-refractivity contribution in [3.8, 4) is 5.88 Å². The molecule has 0 bridgehead atoms. The zero-order valence-electron chi connectivity index (χ0n) is 21.9. The SMILES string of the molecule is COc1ncccc1CN1CCC2(CCc3nnc(C(=O)NCCC(C)C)n3C2)CC1.O=C(O)C(F)(F)F. The lowest BCUT2D eigenvalue weighted by molar-refractivity contribution is -0.192. The molecule has 2 aromatic heterocycles. The molecule has 1 spiro atoms. The summed E-state index contributed by atoms with van der Waals surface area (Å²) in [5, 5.41) is 18.7. The number of likely N-dealkylation sites (tertiary alicyclic amines) is 1. The van der Waals surface area contributed by atoms with Crippen LogP contribution in [-0.4, -0.2) is 74.6 Å². The first-order chi connectivity index (χ1) is 17.9. The molecule has 0 saturated carbocycles. The molecule has 10 nitrogen and oxygen atoms in total. The molecule has 1 saturated heterocycles. The molecule has 0 radical (unpaired) electrons. The second-order valence-electron chi connectivity index (χ2n) is 10.2. The normalized spacial score (nSPS) is 16.9. The van der Waals surface area contributed by atoms with Gasteiger partial charge in [-0.1, -0.05) is 19.9 Å². The van der Waals surface area contributed by atoms with E-state index in [9.17, 15) is 18.0 Å². The van der Waals surface area contributed by atoms with Crippen LogP contribution in [0.2, 0.25) is 0 Å². The van der Waals surface area contributed by atoms with Gasteiger partial charge < -0.3 is 19.7 Å². The smallest absolute Gasteiger partial charge is 0.481 e. The van der Waals surface area contributed by atoms with E-state index in [0.29, 0.717) is 24.2 Å². The monoisotopic (exact) mass is 540 g/mol. The molecule has 0 aromatic carbocycles. The van der Waals surface area contributed by atoms with Crippen LogP contribution in [0.1, 0.15) is 61.5 Å². The highest BCUT2D eigenvalue weighted by molar-refractivity contribution is 5.90. The van der Waals surface area contributed by atoms with Gasteiger partial charge in [0.15, 0.2) is 0 Å². The summed E-state index contributed by atoms with van der Waals surface area (Å²) in [7, 11) is 1.67. The third-order valence-electron chi connectivity index (χ3n) is 7.01.